The van der Waals surface area contributed by atoms with Crippen molar-refractivity contribution in [1.82, 2.24) is 0 Å². The molecule has 0 saturated carbocycles. The smallest absolute Gasteiger partial charge is 0.396 e. The Morgan fingerprint density at radius 3 is 2.64 bits per heavy atom. The molecule has 0 saturated heterocycles. The van der Waals surface area contributed by atoms with Crippen LogP contribution < -0.4 is 10.2 Å². The van der Waals surface area contributed by atoms with Gasteiger partial charge in [-0.25, -0.2) is 0 Å². The van der Waals surface area contributed by atoms with E-state index >= 15 is 0 Å². The van der Waals surface area contributed by atoms with E-state index in [0.29, 0.717) is 16.9 Å². The Morgan fingerprint density at radius 1 is 1.16 bits per heavy atom. The van der Waals surface area contributed by atoms with Crippen LogP contribution in [0.3, 0.4) is 0 Å². The zero-order valence-electron chi connectivity index (χ0n) is 13.2. The molecule has 0 spiro atoms. The first kappa shape index (κ1) is 15.7. The second-order valence-electron chi connectivity index (χ2n) is 5.97. The number of rotatable bonds is 1. The van der Waals surface area contributed by atoms with Crippen LogP contribution in [0.1, 0.15) is 23.5 Å². The standard InChI is InChI=1S/C19H13F3O3/c1-24-11-6-8-14-12(9-11)18(23)17-15(25-14)7-5-10-3-2-4-13(16(10)17)19(20,21)22/h2-3,5-9,13H,4H2,1H3. The highest BCUT2D eigenvalue weighted by atomic mass is 19.4. The topological polar surface area (TPSA) is 39.4 Å². The van der Waals surface area contributed by atoms with E-state index in [1.807, 2.05) is 0 Å². The van der Waals surface area contributed by atoms with Crippen molar-refractivity contribution in [2.75, 3.05) is 7.11 Å². The number of halogens is 3. The fourth-order valence-electron chi connectivity index (χ4n) is 3.36. The zero-order valence-corrected chi connectivity index (χ0v) is 13.2. The normalized spacial score (nSPS) is 17.0. The number of methoxy groups -OCH3 is 1. The zero-order chi connectivity index (χ0) is 17.8. The Bertz CT molecular complexity index is 1080. The van der Waals surface area contributed by atoms with E-state index in [4.69, 9.17) is 9.15 Å². The van der Waals surface area contributed by atoms with Crippen LogP contribution in [0.5, 0.6) is 5.75 Å². The molecule has 0 radical (unpaired) electrons. The minimum Gasteiger partial charge on any atom is -0.497 e. The number of benzene rings is 2. The lowest BCUT2D eigenvalue weighted by Gasteiger charge is -2.25. The highest BCUT2D eigenvalue weighted by Crippen LogP contribution is 2.44. The molecule has 1 unspecified atom stereocenters. The summed E-state index contributed by atoms with van der Waals surface area (Å²) in [7, 11) is 1.45. The Kier molecular flexibility index (Phi) is 3.39. The van der Waals surface area contributed by atoms with E-state index in [9.17, 15) is 18.0 Å². The average molecular weight is 346 g/mol. The van der Waals surface area contributed by atoms with Gasteiger partial charge in [-0.15, -0.1) is 0 Å². The van der Waals surface area contributed by atoms with E-state index in [2.05, 4.69) is 0 Å². The van der Waals surface area contributed by atoms with Crippen LogP contribution in [0.2, 0.25) is 0 Å². The third kappa shape index (κ3) is 2.40. The summed E-state index contributed by atoms with van der Waals surface area (Å²) in [6, 6.07) is 7.81. The van der Waals surface area contributed by atoms with Crippen molar-refractivity contribution in [3.63, 3.8) is 0 Å². The summed E-state index contributed by atoms with van der Waals surface area (Å²) in [5, 5.41) is 0.195. The van der Waals surface area contributed by atoms with Crippen LogP contribution in [-0.2, 0) is 0 Å². The molecular formula is C19H13F3O3. The first-order chi connectivity index (χ1) is 11.9. The van der Waals surface area contributed by atoms with Crippen molar-refractivity contribution >= 4 is 28.0 Å². The SMILES string of the molecule is COc1ccc2oc3ccc4c(c3c(=O)c2c1)C(C(F)(F)F)CC=C4. The van der Waals surface area contributed by atoms with Crippen molar-refractivity contribution in [2.24, 2.45) is 0 Å². The minimum absolute atomic E-state index is 0.00836. The summed E-state index contributed by atoms with van der Waals surface area (Å²) < 4.78 is 51.4. The monoisotopic (exact) mass is 346 g/mol. The molecule has 1 aliphatic rings. The maximum Gasteiger partial charge on any atom is 0.396 e. The van der Waals surface area contributed by atoms with Crippen LogP contribution in [0.4, 0.5) is 13.2 Å². The third-order valence-electron chi connectivity index (χ3n) is 4.53. The number of fused-ring (bicyclic) bond motifs is 4. The Hall–Kier alpha value is -2.76. The van der Waals surface area contributed by atoms with Crippen molar-refractivity contribution in [3.05, 3.63) is 57.8 Å². The molecule has 0 amide bonds. The first-order valence-electron chi connectivity index (χ1n) is 7.71. The van der Waals surface area contributed by atoms with E-state index in [-0.39, 0.29) is 28.3 Å². The van der Waals surface area contributed by atoms with Crippen LogP contribution >= 0.6 is 0 Å². The van der Waals surface area contributed by atoms with E-state index in [0.717, 1.165) is 0 Å². The third-order valence-corrected chi connectivity index (χ3v) is 4.53. The molecule has 128 valence electrons. The van der Waals surface area contributed by atoms with Gasteiger partial charge in [-0.05, 0) is 41.8 Å². The second kappa shape index (κ2) is 5.37. The number of alkyl halides is 3. The number of allylic oxidation sites excluding steroid dienone is 1. The molecule has 0 fully saturated rings. The molecule has 1 aromatic heterocycles. The highest BCUT2D eigenvalue weighted by molar-refractivity contribution is 5.94. The second-order valence-corrected chi connectivity index (χ2v) is 5.97. The maximum absolute atomic E-state index is 13.5. The summed E-state index contributed by atoms with van der Waals surface area (Å²) in [6.45, 7) is 0. The molecule has 25 heavy (non-hydrogen) atoms. The molecule has 1 atom stereocenters. The van der Waals surface area contributed by atoms with Crippen molar-refractivity contribution < 1.29 is 22.3 Å². The first-order valence-corrected chi connectivity index (χ1v) is 7.71. The van der Waals surface area contributed by atoms with Crippen molar-refractivity contribution in [1.29, 1.82) is 0 Å². The molecule has 0 bridgehead atoms. The van der Waals surface area contributed by atoms with Gasteiger partial charge in [-0.3, -0.25) is 4.79 Å². The fraction of sp³-hybridized carbons (Fsp3) is 0.211. The molecule has 0 N–H and O–H groups in total. The molecule has 0 aliphatic heterocycles. The minimum atomic E-state index is -4.44. The van der Waals surface area contributed by atoms with E-state index < -0.39 is 17.5 Å². The number of hydrogen-bond donors (Lipinski definition) is 0. The van der Waals surface area contributed by atoms with Crippen molar-refractivity contribution in [3.8, 4) is 5.75 Å². The Balaban J connectivity index is 2.15. The van der Waals surface area contributed by atoms with Gasteiger partial charge in [-0.2, -0.15) is 13.2 Å². The fourth-order valence-corrected chi connectivity index (χ4v) is 3.36. The van der Waals surface area contributed by atoms with Gasteiger partial charge < -0.3 is 9.15 Å². The molecule has 6 heteroatoms. The molecule has 3 aromatic rings. The lowest BCUT2D eigenvalue weighted by molar-refractivity contribution is -0.149. The van der Waals surface area contributed by atoms with Gasteiger partial charge in [0.05, 0.1) is 23.8 Å². The summed E-state index contributed by atoms with van der Waals surface area (Å²) in [5.41, 5.74) is 0.386. The van der Waals surface area contributed by atoms with Gasteiger partial charge >= 0.3 is 6.18 Å². The molecule has 2 aromatic carbocycles. The highest BCUT2D eigenvalue weighted by Gasteiger charge is 2.43. The Morgan fingerprint density at radius 2 is 1.92 bits per heavy atom. The molecule has 3 nitrogen and oxygen atoms in total. The summed E-state index contributed by atoms with van der Waals surface area (Å²) in [5.74, 6) is -1.28. The summed E-state index contributed by atoms with van der Waals surface area (Å²) in [4.78, 5) is 13.0. The largest absolute Gasteiger partial charge is 0.497 e. The van der Waals surface area contributed by atoms with Gasteiger partial charge in [0.15, 0.2) is 0 Å². The predicted molar refractivity (Wildman–Crippen MR) is 89.0 cm³/mol. The average Bonchev–Trinajstić information content (AvgIpc) is 2.60. The predicted octanol–water partition coefficient (Wildman–Crippen LogP) is 5.02. The number of ether oxygens (including phenoxy) is 1. The van der Waals surface area contributed by atoms with Gasteiger partial charge in [-0.1, -0.05) is 18.2 Å². The van der Waals surface area contributed by atoms with Crippen LogP contribution in [0, 0.1) is 0 Å². The maximum atomic E-state index is 13.5. The molecule has 4 rings (SSSR count). The van der Waals surface area contributed by atoms with Gasteiger partial charge in [0.1, 0.15) is 16.9 Å². The summed E-state index contributed by atoms with van der Waals surface area (Å²) in [6.07, 6.45) is -1.53. The van der Waals surface area contributed by atoms with Crippen LogP contribution in [0.15, 0.2) is 45.6 Å². The molecular weight excluding hydrogens is 333 g/mol. The summed E-state index contributed by atoms with van der Waals surface area (Å²) >= 11 is 0. The van der Waals surface area contributed by atoms with E-state index in [1.165, 1.54) is 19.3 Å². The van der Waals surface area contributed by atoms with Crippen molar-refractivity contribution in [2.45, 2.75) is 18.5 Å². The van der Waals surface area contributed by atoms with E-state index in [1.54, 1.807) is 30.3 Å². The molecule has 1 heterocycles. The number of hydrogen-bond acceptors (Lipinski definition) is 3. The Labute approximate surface area is 140 Å². The lowest BCUT2D eigenvalue weighted by Crippen LogP contribution is -2.24. The van der Waals surface area contributed by atoms with Crippen LogP contribution in [-0.4, -0.2) is 13.3 Å². The van der Waals surface area contributed by atoms with Gasteiger partial charge in [0, 0.05) is 0 Å². The van der Waals surface area contributed by atoms with Gasteiger partial charge in [0.2, 0.25) is 5.43 Å². The van der Waals surface area contributed by atoms with Crippen LogP contribution in [0.25, 0.3) is 28.0 Å². The van der Waals surface area contributed by atoms with Gasteiger partial charge in [0.25, 0.3) is 0 Å². The quantitative estimate of drug-likeness (QED) is 0.581. The lowest BCUT2D eigenvalue weighted by atomic mass is 9.84. The molecule has 1 aliphatic carbocycles.